The molecule has 5 heterocycles. The van der Waals surface area contributed by atoms with Crippen LogP contribution in [0.25, 0.3) is 0 Å². The van der Waals surface area contributed by atoms with Gasteiger partial charge in [-0.1, -0.05) is 38.5 Å². The first kappa shape index (κ1) is 31.0. The fourth-order valence-electron chi connectivity index (χ4n) is 12.3. The summed E-state index contributed by atoms with van der Waals surface area (Å²) in [6, 6.07) is -0.480. The monoisotopic (exact) mass is 699 g/mol. The zero-order valence-electron chi connectivity index (χ0n) is 26.0. The average Bonchev–Trinajstić information content (AvgIpc) is 3.76. The van der Waals surface area contributed by atoms with Crippen LogP contribution >= 0.6 is 0 Å². The van der Waals surface area contributed by atoms with Crippen molar-refractivity contribution in [3.05, 3.63) is 10.1 Å². The molecule has 17 unspecified atom stereocenters. The maximum Gasteiger partial charge on any atom is 0.219 e. The van der Waals surface area contributed by atoms with Crippen molar-refractivity contribution in [3.8, 4) is 0 Å². The van der Waals surface area contributed by atoms with E-state index in [4.69, 9.17) is 0 Å². The Kier molecular flexibility index (Phi) is 8.89. The van der Waals surface area contributed by atoms with Gasteiger partial charge in [0.2, 0.25) is 6.04 Å². The van der Waals surface area contributed by atoms with Crippen molar-refractivity contribution < 1.29 is 24.4 Å². The summed E-state index contributed by atoms with van der Waals surface area (Å²) >= 11 is 0. The second-order valence-electron chi connectivity index (χ2n) is 16.0. The van der Waals surface area contributed by atoms with E-state index in [9.17, 15) is 10.1 Å². The van der Waals surface area contributed by atoms with E-state index in [1.807, 2.05) is 0 Å². The van der Waals surface area contributed by atoms with Gasteiger partial charge in [-0.15, -0.1) is 0 Å². The SMILES string of the molecule is O=[N+]([O-])C1CCCC2C3NC4NC(NC5NC(NC6NC(NC(N3)C21)C1CCCCC61)C1CCCCC51)C1CCCCC41.[Ru]. The first-order chi connectivity index (χ1) is 21.1. The van der Waals surface area contributed by atoms with Gasteiger partial charge in [0.25, 0.3) is 0 Å². The number of nitro groups is 1. The van der Waals surface area contributed by atoms with Gasteiger partial charge in [0.05, 0.1) is 55.2 Å². The molecule has 4 aliphatic carbocycles. The second-order valence-corrected chi connectivity index (χ2v) is 16.0. The predicted octanol–water partition coefficient (Wildman–Crippen LogP) is 1.86. The van der Waals surface area contributed by atoms with Crippen LogP contribution in [0.5, 0.6) is 0 Å². The van der Waals surface area contributed by atoms with Gasteiger partial charge in [-0.05, 0) is 92.8 Å². The molecule has 5 saturated heterocycles. The van der Waals surface area contributed by atoms with Crippen LogP contribution in [-0.4, -0.2) is 60.3 Å². The first-order valence-electron chi connectivity index (χ1n) is 18.3. The number of hydrogen-bond acceptors (Lipinski definition) is 10. The molecular weight excluding hydrogens is 643 g/mol. The number of rotatable bonds is 1. The van der Waals surface area contributed by atoms with E-state index in [1.54, 1.807) is 0 Å². The molecule has 4 saturated carbocycles. The summed E-state index contributed by atoms with van der Waals surface area (Å²) < 4.78 is 0. The van der Waals surface area contributed by atoms with Crippen LogP contribution in [0.15, 0.2) is 0 Å². The molecule has 11 nitrogen and oxygen atoms in total. The Morgan fingerprint density at radius 1 is 0.386 bits per heavy atom. The van der Waals surface area contributed by atoms with Gasteiger partial charge >= 0.3 is 0 Å². The molecule has 9 rings (SSSR count). The van der Waals surface area contributed by atoms with Crippen LogP contribution in [0.3, 0.4) is 0 Å². The van der Waals surface area contributed by atoms with E-state index in [-0.39, 0.29) is 67.1 Å². The second kappa shape index (κ2) is 12.6. The zero-order valence-corrected chi connectivity index (χ0v) is 27.8. The zero-order chi connectivity index (χ0) is 28.7. The first-order valence-corrected chi connectivity index (χ1v) is 18.3. The summed E-state index contributed by atoms with van der Waals surface area (Å²) in [6.45, 7) is 0. The van der Waals surface area contributed by atoms with Crippen molar-refractivity contribution in [2.24, 2.45) is 47.3 Å². The van der Waals surface area contributed by atoms with Crippen LogP contribution < -0.4 is 42.5 Å². The van der Waals surface area contributed by atoms with Crippen LogP contribution in [0.1, 0.15) is 96.3 Å². The molecule has 12 heteroatoms. The Hall–Kier alpha value is -0.297. The quantitative estimate of drug-likeness (QED) is 0.116. The Morgan fingerprint density at radius 3 is 0.977 bits per heavy atom. The molecule has 248 valence electrons. The molecule has 0 radical (unpaired) electrons. The van der Waals surface area contributed by atoms with Crippen LogP contribution in [0.2, 0.25) is 0 Å². The van der Waals surface area contributed by atoms with Gasteiger partial charge in [0.1, 0.15) is 0 Å². The molecule has 17 atom stereocenters. The number of hydrogen-bond donors (Lipinski definition) is 8. The number of nitrogens with one attached hydrogen (secondary N) is 8. The third-order valence-electron chi connectivity index (χ3n) is 14.1. The van der Waals surface area contributed by atoms with Crippen molar-refractivity contribution in [1.29, 1.82) is 0 Å². The summed E-state index contributed by atoms with van der Waals surface area (Å²) in [5.41, 5.74) is 0. The van der Waals surface area contributed by atoms with Crippen molar-refractivity contribution in [3.63, 3.8) is 0 Å². The van der Waals surface area contributed by atoms with Crippen molar-refractivity contribution >= 4 is 0 Å². The largest absolute Gasteiger partial charge is 0.286 e. The van der Waals surface area contributed by atoms with Gasteiger partial charge in [-0.2, -0.15) is 0 Å². The molecular formula is C32H55N9O2Ru. The minimum atomic E-state index is -0.480. The van der Waals surface area contributed by atoms with E-state index in [1.165, 1.54) is 77.0 Å². The molecule has 8 N–H and O–H groups in total. The van der Waals surface area contributed by atoms with E-state index in [0.29, 0.717) is 60.4 Å². The maximum absolute atomic E-state index is 12.4. The Bertz CT molecular complexity index is 1060. The van der Waals surface area contributed by atoms with Gasteiger partial charge in [-0.3, -0.25) is 52.6 Å². The number of nitrogens with zero attached hydrogens (tertiary/aromatic N) is 1. The minimum Gasteiger partial charge on any atom is -0.286 e. The van der Waals surface area contributed by atoms with Crippen molar-refractivity contribution in [2.45, 2.75) is 152 Å². The number of fused-ring (bicyclic) bond motifs is 20. The summed E-state index contributed by atoms with van der Waals surface area (Å²) in [6.07, 6.45) is 20.0. The fraction of sp³-hybridized carbons (Fsp3) is 1.00. The fourth-order valence-corrected chi connectivity index (χ4v) is 12.3. The van der Waals surface area contributed by atoms with Crippen LogP contribution in [-0.2, 0) is 19.5 Å². The molecule has 8 bridgehead atoms. The van der Waals surface area contributed by atoms with Crippen LogP contribution in [0, 0.1) is 57.5 Å². The van der Waals surface area contributed by atoms with Gasteiger partial charge in [-0.25, -0.2) is 0 Å². The molecule has 0 aromatic carbocycles. The summed E-state index contributed by atoms with van der Waals surface area (Å²) in [5.74, 6) is 4.00. The van der Waals surface area contributed by atoms with Gasteiger partial charge in [0, 0.05) is 30.8 Å². The standard InChI is InChI=1S/C32H55N9O2.Ru/c42-41(43)23-15-7-14-22-24(23)32-39-30-21-13-6-5-12-20(21)28(37-30)35-26-17-9-2-1-8-16(17)25(33-26)34-27-18-10-3-4-11-19(18)29(36-27)38-31(22)40-32;/h16-40H,1-15H2;. The third-order valence-corrected chi connectivity index (χ3v) is 14.1. The summed E-state index contributed by atoms with van der Waals surface area (Å²) in [4.78, 5) is 12.5. The van der Waals surface area contributed by atoms with Crippen molar-refractivity contribution in [2.75, 3.05) is 0 Å². The molecule has 0 aromatic heterocycles. The van der Waals surface area contributed by atoms with Crippen molar-refractivity contribution in [1.82, 2.24) is 42.5 Å². The topological polar surface area (TPSA) is 139 Å². The van der Waals surface area contributed by atoms with Crippen LogP contribution in [0.4, 0.5) is 0 Å². The molecule has 0 aromatic rings. The summed E-state index contributed by atoms with van der Waals surface area (Å²) in [5, 5.41) is 45.2. The normalized spacial score (nSPS) is 54.8. The van der Waals surface area contributed by atoms with E-state index >= 15 is 0 Å². The minimum absolute atomic E-state index is 0. The van der Waals surface area contributed by atoms with Gasteiger partial charge < -0.3 is 0 Å². The Morgan fingerprint density at radius 2 is 0.659 bits per heavy atom. The molecule has 9 aliphatic rings. The van der Waals surface area contributed by atoms with E-state index in [0.717, 1.165) is 12.8 Å². The average molecular weight is 699 g/mol. The smallest absolute Gasteiger partial charge is 0.219 e. The molecule has 9 fully saturated rings. The predicted molar refractivity (Wildman–Crippen MR) is 163 cm³/mol. The summed E-state index contributed by atoms with van der Waals surface area (Å²) in [7, 11) is 0. The maximum atomic E-state index is 12.4. The third kappa shape index (κ3) is 5.25. The van der Waals surface area contributed by atoms with Gasteiger partial charge in [0.15, 0.2) is 0 Å². The Labute approximate surface area is 275 Å². The molecule has 44 heavy (non-hydrogen) atoms. The van der Waals surface area contributed by atoms with E-state index < -0.39 is 6.04 Å². The molecule has 0 spiro atoms. The Balaban J connectivity index is 0.00000289. The molecule has 0 amide bonds. The molecule has 5 aliphatic heterocycles. The van der Waals surface area contributed by atoms with E-state index in [2.05, 4.69) is 42.5 Å².